The standard InChI is InChI=1S/C22H19ClN2O3S/c1-13-11-16(14(2)28-13)21(26)25(12-15-7-5-4-6-8-15)22-24-19-18(27-3)10-9-17(23)20(19)29-22/h4-11H,12H2,1-3H3. The lowest BCUT2D eigenvalue weighted by Gasteiger charge is -2.19. The Labute approximate surface area is 177 Å². The highest BCUT2D eigenvalue weighted by Gasteiger charge is 2.26. The summed E-state index contributed by atoms with van der Waals surface area (Å²) in [6.45, 7) is 4.00. The van der Waals surface area contributed by atoms with Gasteiger partial charge in [0.25, 0.3) is 5.91 Å². The van der Waals surface area contributed by atoms with E-state index in [-0.39, 0.29) is 5.91 Å². The van der Waals surface area contributed by atoms with E-state index in [1.807, 2.05) is 37.3 Å². The third-order valence-electron chi connectivity index (χ3n) is 4.60. The van der Waals surface area contributed by atoms with E-state index in [4.69, 9.17) is 25.7 Å². The highest BCUT2D eigenvalue weighted by Crippen LogP contribution is 2.39. The number of halogens is 1. The smallest absolute Gasteiger partial charge is 0.263 e. The molecule has 2 aromatic heterocycles. The Bertz CT molecular complexity index is 1180. The summed E-state index contributed by atoms with van der Waals surface area (Å²) in [4.78, 5) is 19.8. The number of amides is 1. The Hall–Kier alpha value is -2.83. The van der Waals surface area contributed by atoms with Crippen molar-refractivity contribution in [3.05, 3.63) is 76.2 Å². The van der Waals surface area contributed by atoms with E-state index >= 15 is 0 Å². The van der Waals surface area contributed by atoms with E-state index in [1.54, 1.807) is 37.1 Å². The van der Waals surface area contributed by atoms with Crippen LogP contribution in [0.25, 0.3) is 10.2 Å². The molecule has 148 valence electrons. The summed E-state index contributed by atoms with van der Waals surface area (Å²) in [7, 11) is 1.59. The third-order valence-corrected chi connectivity index (χ3v) is 6.14. The number of anilines is 1. The zero-order chi connectivity index (χ0) is 20.5. The minimum atomic E-state index is -0.169. The lowest BCUT2D eigenvalue weighted by atomic mass is 10.2. The Balaban J connectivity index is 1.84. The molecule has 0 aliphatic heterocycles. The summed E-state index contributed by atoms with van der Waals surface area (Å²) in [5, 5.41) is 1.13. The number of aryl methyl sites for hydroxylation is 2. The number of fused-ring (bicyclic) bond motifs is 1. The van der Waals surface area contributed by atoms with E-state index in [1.165, 1.54) is 11.3 Å². The summed E-state index contributed by atoms with van der Waals surface area (Å²) in [6, 6.07) is 15.1. The van der Waals surface area contributed by atoms with Crippen molar-refractivity contribution in [3.63, 3.8) is 0 Å². The second kappa shape index (κ2) is 7.89. The van der Waals surface area contributed by atoms with Crippen LogP contribution in [-0.4, -0.2) is 18.0 Å². The van der Waals surface area contributed by atoms with Crippen molar-refractivity contribution in [3.8, 4) is 5.75 Å². The number of carbonyl (C=O) groups is 1. The topological polar surface area (TPSA) is 55.6 Å². The summed E-state index contributed by atoms with van der Waals surface area (Å²) in [5.41, 5.74) is 2.16. The number of aromatic nitrogens is 1. The summed E-state index contributed by atoms with van der Waals surface area (Å²) >= 11 is 7.75. The minimum Gasteiger partial charge on any atom is -0.494 e. The number of carbonyl (C=O) groups excluding carboxylic acids is 1. The van der Waals surface area contributed by atoms with Gasteiger partial charge in [0.15, 0.2) is 5.13 Å². The van der Waals surface area contributed by atoms with Gasteiger partial charge in [0.1, 0.15) is 22.8 Å². The number of benzene rings is 2. The van der Waals surface area contributed by atoms with Crippen molar-refractivity contribution in [1.29, 1.82) is 0 Å². The summed E-state index contributed by atoms with van der Waals surface area (Å²) < 4.78 is 11.8. The van der Waals surface area contributed by atoms with Gasteiger partial charge in [-0.25, -0.2) is 4.98 Å². The van der Waals surface area contributed by atoms with Crippen molar-refractivity contribution >= 4 is 44.2 Å². The predicted molar refractivity (Wildman–Crippen MR) is 116 cm³/mol. The molecule has 0 unspecified atom stereocenters. The molecule has 0 saturated carbocycles. The van der Waals surface area contributed by atoms with Crippen molar-refractivity contribution < 1.29 is 13.9 Å². The van der Waals surface area contributed by atoms with Gasteiger partial charge < -0.3 is 9.15 Å². The van der Waals surface area contributed by atoms with Crippen LogP contribution in [0.15, 0.2) is 52.9 Å². The lowest BCUT2D eigenvalue weighted by Crippen LogP contribution is -2.30. The van der Waals surface area contributed by atoms with Crippen molar-refractivity contribution in [2.45, 2.75) is 20.4 Å². The maximum atomic E-state index is 13.5. The molecule has 4 rings (SSSR count). The molecule has 2 heterocycles. The van der Waals surface area contributed by atoms with Crippen LogP contribution in [0.5, 0.6) is 5.75 Å². The predicted octanol–water partition coefficient (Wildman–Crippen LogP) is 6.02. The fourth-order valence-electron chi connectivity index (χ4n) is 3.20. The first kappa shape index (κ1) is 19.5. The van der Waals surface area contributed by atoms with Crippen LogP contribution in [-0.2, 0) is 6.54 Å². The highest BCUT2D eigenvalue weighted by molar-refractivity contribution is 7.23. The third kappa shape index (κ3) is 3.73. The van der Waals surface area contributed by atoms with Gasteiger partial charge in [-0.3, -0.25) is 9.69 Å². The van der Waals surface area contributed by atoms with Gasteiger partial charge in [0, 0.05) is 0 Å². The molecule has 0 bridgehead atoms. The van der Waals surface area contributed by atoms with E-state index in [9.17, 15) is 4.79 Å². The molecular formula is C22H19ClN2O3S. The van der Waals surface area contributed by atoms with Gasteiger partial charge in [-0.2, -0.15) is 0 Å². The fourth-order valence-corrected chi connectivity index (χ4v) is 4.46. The maximum absolute atomic E-state index is 13.5. The Morgan fingerprint density at radius 3 is 2.62 bits per heavy atom. The van der Waals surface area contributed by atoms with Crippen LogP contribution in [0, 0.1) is 13.8 Å². The Morgan fingerprint density at radius 1 is 1.21 bits per heavy atom. The number of ether oxygens (including phenoxy) is 1. The first-order valence-corrected chi connectivity index (χ1v) is 10.2. The summed E-state index contributed by atoms with van der Waals surface area (Å²) in [6.07, 6.45) is 0. The zero-order valence-corrected chi connectivity index (χ0v) is 17.8. The van der Waals surface area contributed by atoms with Crippen LogP contribution >= 0.6 is 22.9 Å². The second-order valence-corrected chi connectivity index (χ2v) is 8.01. The molecular weight excluding hydrogens is 408 g/mol. The number of nitrogens with zero attached hydrogens (tertiary/aromatic N) is 2. The van der Waals surface area contributed by atoms with E-state index in [0.717, 1.165) is 10.3 Å². The number of hydrogen-bond donors (Lipinski definition) is 0. The minimum absolute atomic E-state index is 0.169. The first-order valence-electron chi connectivity index (χ1n) is 9.03. The molecule has 1 amide bonds. The molecule has 5 nitrogen and oxygen atoms in total. The van der Waals surface area contributed by atoms with Crippen LogP contribution in [0.4, 0.5) is 5.13 Å². The van der Waals surface area contributed by atoms with E-state index in [2.05, 4.69) is 0 Å². The molecule has 4 aromatic rings. The molecule has 0 fully saturated rings. The van der Waals surface area contributed by atoms with Crippen LogP contribution < -0.4 is 9.64 Å². The first-order chi connectivity index (χ1) is 14.0. The molecule has 0 atom stereocenters. The average molecular weight is 427 g/mol. The van der Waals surface area contributed by atoms with Gasteiger partial charge in [0.2, 0.25) is 0 Å². The largest absolute Gasteiger partial charge is 0.494 e. The number of thiazole rings is 1. The molecule has 29 heavy (non-hydrogen) atoms. The van der Waals surface area contributed by atoms with Crippen molar-refractivity contribution in [2.24, 2.45) is 0 Å². The fraction of sp³-hybridized carbons (Fsp3) is 0.182. The number of hydrogen-bond acceptors (Lipinski definition) is 5. The average Bonchev–Trinajstić information content (AvgIpc) is 3.30. The molecule has 0 saturated heterocycles. The molecule has 0 aliphatic carbocycles. The quantitative estimate of drug-likeness (QED) is 0.391. The van der Waals surface area contributed by atoms with Gasteiger partial charge in [-0.15, -0.1) is 0 Å². The maximum Gasteiger partial charge on any atom is 0.263 e. The van der Waals surface area contributed by atoms with Crippen molar-refractivity contribution in [1.82, 2.24) is 4.98 Å². The lowest BCUT2D eigenvalue weighted by molar-refractivity contribution is 0.0983. The van der Waals surface area contributed by atoms with Gasteiger partial charge >= 0.3 is 0 Å². The molecule has 0 N–H and O–H groups in total. The molecule has 0 radical (unpaired) electrons. The van der Waals surface area contributed by atoms with Crippen LogP contribution in [0.2, 0.25) is 5.02 Å². The van der Waals surface area contributed by atoms with E-state index in [0.29, 0.717) is 45.0 Å². The zero-order valence-electron chi connectivity index (χ0n) is 16.2. The summed E-state index contributed by atoms with van der Waals surface area (Å²) in [5.74, 6) is 1.73. The van der Waals surface area contributed by atoms with Crippen molar-refractivity contribution in [2.75, 3.05) is 12.0 Å². The van der Waals surface area contributed by atoms with E-state index < -0.39 is 0 Å². The van der Waals surface area contributed by atoms with Crippen LogP contribution in [0.1, 0.15) is 27.4 Å². The number of rotatable bonds is 5. The van der Waals surface area contributed by atoms with Gasteiger partial charge in [-0.05, 0) is 37.6 Å². The molecule has 0 aliphatic rings. The number of furan rings is 1. The normalized spacial score (nSPS) is 11.0. The Kier molecular flexibility index (Phi) is 5.30. The molecule has 7 heteroatoms. The number of methoxy groups -OCH3 is 1. The monoisotopic (exact) mass is 426 g/mol. The van der Waals surface area contributed by atoms with Crippen LogP contribution in [0.3, 0.4) is 0 Å². The van der Waals surface area contributed by atoms with Gasteiger partial charge in [-0.1, -0.05) is 53.3 Å². The second-order valence-electron chi connectivity index (χ2n) is 6.63. The van der Waals surface area contributed by atoms with Gasteiger partial charge in [0.05, 0.1) is 28.9 Å². The molecule has 2 aromatic carbocycles. The Morgan fingerprint density at radius 2 is 1.97 bits per heavy atom. The molecule has 0 spiro atoms. The highest BCUT2D eigenvalue weighted by atomic mass is 35.5. The SMILES string of the molecule is COc1ccc(Cl)c2sc(N(Cc3ccccc3)C(=O)c3cc(C)oc3C)nc12.